The van der Waals surface area contributed by atoms with E-state index in [1.165, 1.54) is 0 Å². The van der Waals surface area contributed by atoms with E-state index in [-0.39, 0.29) is 18.4 Å². The molecule has 2 N–H and O–H groups in total. The molecule has 0 aromatic carbocycles. The van der Waals surface area contributed by atoms with Crippen LogP contribution >= 0.6 is 0 Å². The third kappa shape index (κ3) is 5.47. The Hall–Kier alpha value is -1.40. The quantitative estimate of drug-likeness (QED) is 0.791. The lowest BCUT2D eigenvalue weighted by Crippen LogP contribution is -2.47. The fourth-order valence-corrected chi connectivity index (χ4v) is 2.67. The highest BCUT2D eigenvalue weighted by Gasteiger charge is 2.24. The number of carbonyl (C=O) groups excluding carboxylic acids is 1. The summed E-state index contributed by atoms with van der Waals surface area (Å²) in [6, 6.07) is 0. The molecule has 0 radical (unpaired) electrons. The van der Waals surface area contributed by atoms with Crippen LogP contribution in [0.25, 0.3) is 0 Å². The smallest absolute Gasteiger partial charge is 0.220 e. The first-order valence-corrected chi connectivity index (χ1v) is 7.19. The molecule has 0 fully saturated rings. The van der Waals surface area contributed by atoms with Crippen molar-refractivity contribution in [2.75, 3.05) is 27.2 Å². The molecule has 1 aromatic heterocycles. The summed E-state index contributed by atoms with van der Waals surface area (Å²) in [6.45, 7) is 8.15. The molecule has 0 aliphatic carbocycles. The van der Waals surface area contributed by atoms with E-state index in [0.29, 0.717) is 13.0 Å². The summed E-state index contributed by atoms with van der Waals surface area (Å²) in [7, 11) is 3.77. The molecule has 1 amide bonds. The summed E-state index contributed by atoms with van der Waals surface area (Å²) in [4.78, 5) is 13.9. The number of hydrogen-bond acceptors (Lipinski definition) is 5. The predicted octanol–water partition coefficient (Wildman–Crippen LogP) is 1.21. The number of hydrogen-bond donors (Lipinski definition) is 2. The van der Waals surface area contributed by atoms with Gasteiger partial charge in [0.2, 0.25) is 5.91 Å². The molecule has 0 saturated carbocycles. The van der Waals surface area contributed by atoms with Gasteiger partial charge in [0.25, 0.3) is 0 Å². The minimum Gasteiger partial charge on any atom is -0.387 e. The Labute approximate surface area is 126 Å². The number of likely N-dealkylation sites (N-methyl/N-ethyl adjacent to an activating group) is 1. The molecule has 120 valence electrons. The van der Waals surface area contributed by atoms with E-state index >= 15 is 0 Å². The molecule has 1 heterocycles. The van der Waals surface area contributed by atoms with Gasteiger partial charge in [-0.3, -0.25) is 4.79 Å². The van der Waals surface area contributed by atoms with Crippen molar-refractivity contribution in [2.45, 2.75) is 45.6 Å². The van der Waals surface area contributed by atoms with Gasteiger partial charge in [-0.15, -0.1) is 0 Å². The summed E-state index contributed by atoms with van der Waals surface area (Å²) in [5.74, 6) is 0.712. The van der Waals surface area contributed by atoms with E-state index in [2.05, 4.69) is 10.5 Å². The minimum absolute atomic E-state index is 0.0371. The van der Waals surface area contributed by atoms with E-state index < -0.39 is 5.60 Å². The highest BCUT2D eigenvalue weighted by atomic mass is 16.5. The second-order valence-corrected chi connectivity index (χ2v) is 6.35. The fourth-order valence-electron chi connectivity index (χ4n) is 2.67. The topological polar surface area (TPSA) is 78.6 Å². The fraction of sp³-hybridized carbons (Fsp3) is 0.733. The van der Waals surface area contributed by atoms with Gasteiger partial charge in [-0.05, 0) is 40.8 Å². The Bertz CT molecular complexity index is 461. The highest BCUT2D eigenvalue weighted by Crippen LogP contribution is 2.25. The van der Waals surface area contributed by atoms with Gasteiger partial charge in [-0.2, -0.15) is 0 Å². The van der Waals surface area contributed by atoms with Crippen molar-refractivity contribution in [3.05, 3.63) is 17.0 Å². The van der Waals surface area contributed by atoms with Gasteiger partial charge in [0, 0.05) is 25.1 Å². The summed E-state index contributed by atoms with van der Waals surface area (Å²) in [5.41, 5.74) is 0.878. The molecule has 2 unspecified atom stereocenters. The second kappa shape index (κ2) is 7.04. The third-order valence-electron chi connectivity index (χ3n) is 3.40. The molecule has 6 nitrogen and oxygen atoms in total. The molecule has 2 atom stereocenters. The minimum atomic E-state index is -0.939. The van der Waals surface area contributed by atoms with Gasteiger partial charge in [0.15, 0.2) is 0 Å². The average molecular weight is 297 g/mol. The first-order valence-electron chi connectivity index (χ1n) is 7.19. The monoisotopic (exact) mass is 297 g/mol. The molecule has 0 bridgehead atoms. The van der Waals surface area contributed by atoms with E-state index in [0.717, 1.165) is 17.0 Å². The summed E-state index contributed by atoms with van der Waals surface area (Å²) in [5, 5.41) is 16.9. The van der Waals surface area contributed by atoms with Crippen LogP contribution in [0, 0.1) is 13.8 Å². The highest BCUT2D eigenvalue weighted by molar-refractivity contribution is 5.77. The van der Waals surface area contributed by atoms with Crippen LogP contribution in [0.4, 0.5) is 0 Å². The molecule has 0 aliphatic heterocycles. The lowest BCUT2D eigenvalue weighted by Gasteiger charge is -2.27. The first kappa shape index (κ1) is 17.7. The van der Waals surface area contributed by atoms with Crippen molar-refractivity contribution in [2.24, 2.45) is 0 Å². The zero-order valence-electron chi connectivity index (χ0n) is 13.9. The summed E-state index contributed by atoms with van der Waals surface area (Å²) >= 11 is 0. The standard InChI is InChI=1S/C15H27N3O3/c1-10(14-11(2)17-21-12(14)3)7-13(19)16-8-15(4,20)9-18(5)6/h10,20H,7-9H2,1-6H3,(H,16,19). The van der Waals surface area contributed by atoms with Crippen molar-refractivity contribution in [3.8, 4) is 0 Å². The largest absolute Gasteiger partial charge is 0.387 e. The van der Waals surface area contributed by atoms with E-state index in [4.69, 9.17) is 4.52 Å². The van der Waals surface area contributed by atoms with Gasteiger partial charge in [-0.25, -0.2) is 0 Å². The Kier molecular flexibility index (Phi) is 5.92. The molecule has 0 saturated heterocycles. The molecule has 1 rings (SSSR count). The SMILES string of the molecule is Cc1noc(C)c1C(C)CC(=O)NCC(C)(O)CN(C)C. The second-order valence-electron chi connectivity index (χ2n) is 6.35. The van der Waals surface area contributed by atoms with Crippen LogP contribution in [0.1, 0.15) is 43.2 Å². The maximum atomic E-state index is 12.0. The zero-order chi connectivity index (χ0) is 16.2. The van der Waals surface area contributed by atoms with Crippen LogP contribution in [0.5, 0.6) is 0 Å². The van der Waals surface area contributed by atoms with Gasteiger partial charge in [0.05, 0.1) is 11.3 Å². The lowest BCUT2D eigenvalue weighted by molar-refractivity contribution is -0.122. The van der Waals surface area contributed by atoms with Crippen LogP contribution in [0.15, 0.2) is 4.52 Å². The Morgan fingerprint density at radius 2 is 2.10 bits per heavy atom. The number of aromatic nitrogens is 1. The average Bonchev–Trinajstić information content (AvgIpc) is 2.65. The van der Waals surface area contributed by atoms with Crippen LogP contribution in [0.3, 0.4) is 0 Å². The van der Waals surface area contributed by atoms with Crippen molar-refractivity contribution in [1.29, 1.82) is 0 Å². The molecular formula is C15H27N3O3. The Morgan fingerprint density at radius 3 is 2.57 bits per heavy atom. The van der Waals surface area contributed by atoms with Crippen molar-refractivity contribution in [1.82, 2.24) is 15.4 Å². The number of amides is 1. The summed E-state index contributed by atoms with van der Waals surface area (Å²) in [6.07, 6.45) is 0.348. The molecule has 0 aliphatic rings. The van der Waals surface area contributed by atoms with Crippen LogP contribution in [0.2, 0.25) is 0 Å². The molecule has 1 aromatic rings. The number of nitrogens with zero attached hydrogens (tertiary/aromatic N) is 2. The normalized spacial score (nSPS) is 15.8. The molecule has 21 heavy (non-hydrogen) atoms. The maximum absolute atomic E-state index is 12.0. The van der Waals surface area contributed by atoms with Crippen molar-refractivity contribution < 1.29 is 14.4 Å². The van der Waals surface area contributed by atoms with E-state index in [1.807, 2.05) is 39.8 Å². The van der Waals surface area contributed by atoms with Crippen LogP contribution in [-0.2, 0) is 4.79 Å². The van der Waals surface area contributed by atoms with Crippen LogP contribution in [-0.4, -0.2) is 53.9 Å². The maximum Gasteiger partial charge on any atom is 0.220 e. The number of aliphatic hydroxyl groups is 1. The summed E-state index contributed by atoms with van der Waals surface area (Å²) < 4.78 is 5.13. The van der Waals surface area contributed by atoms with Gasteiger partial charge in [-0.1, -0.05) is 12.1 Å². The van der Waals surface area contributed by atoms with Gasteiger partial charge < -0.3 is 19.8 Å². The van der Waals surface area contributed by atoms with Crippen molar-refractivity contribution >= 4 is 5.91 Å². The van der Waals surface area contributed by atoms with Gasteiger partial charge in [0.1, 0.15) is 5.76 Å². The van der Waals surface area contributed by atoms with E-state index in [9.17, 15) is 9.90 Å². The lowest BCUT2D eigenvalue weighted by atomic mass is 9.95. The number of rotatable bonds is 7. The van der Waals surface area contributed by atoms with E-state index in [1.54, 1.807) is 6.92 Å². The Morgan fingerprint density at radius 1 is 1.48 bits per heavy atom. The predicted molar refractivity (Wildman–Crippen MR) is 81.2 cm³/mol. The Balaban J connectivity index is 2.51. The number of aryl methyl sites for hydroxylation is 2. The number of nitrogens with one attached hydrogen (secondary N) is 1. The van der Waals surface area contributed by atoms with Gasteiger partial charge >= 0.3 is 0 Å². The molecule has 0 spiro atoms. The van der Waals surface area contributed by atoms with Crippen LogP contribution < -0.4 is 5.32 Å². The first-order chi connectivity index (χ1) is 9.62. The molecule has 6 heteroatoms. The third-order valence-corrected chi connectivity index (χ3v) is 3.40. The van der Waals surface area contributed by atoms with Crippen molar-refractivity contribution in [3.63, 3.8) is 0 Å². The number of carbonyl (C=O) groups is 1. The zero-order valence-corrected chi connectivity index (χ0v) is 13.9. The molecular weight excluding hydrogens is 270 g/mol.